The molecule has 23 heavy (non-hydrogen) atoms. The number of hydrogen-bond donors (Lipinski definition) is 1. The van der Waals surface area contributed by atoms with Crippen molar-refractivity contribution in [1.29, 1.82) is 0 Å². The van der Waals surface area contributed by atoms with Gasteiger partial charge in [0.15, 0.2) is 0 Å². The van der Waals surface area contributed by atoms with Crippen molar-refractivity contribution in [3.05, 3.63) is 21.4 Å². The summed E-state index contributed by atoms with van der Waals surface area (Å²) in [6, 6.07) is 1.96. The van der Waals surface area contributed by atoms with Crippen LogP contribution in [0.1, 0.15) is 46.3 Å². The van der Waals surface area contributed by atoms with Crippen LogP contribution in [0.3, 0.4) is 0 Å². The smallest absolute Gasteiger partial charge is 0.261 e. The lowest BCUT2D eigenvalue weighted by molar-refractivity contribution is -0.129. The average Bonchev–Trinajstić information content (AvgIpc) is 3.19. The number of rotatable bonds is 5. The van der Waals surface area contributed by atoms with Gasteiger partial charge in [-0.25, -0.2) is 0 Å². The summed E-state index contributed by atoms with van der Waals surface area (Å²) in [5, 5.41) is 3.03. The summed E-state index contributed by atoms with van der Waals surface area (Å²) in [5.74, 6) is 0.134. The van der Waals surface area contributed by atoms with E-state index in [1.807, 2.05) is 11.0 Å². The van der Waals surface area contributed by atoms with E-state index < -0.39 is 0 Å². The van der Waals surface area contributed by atoms with Gasteiger partial charge in [-0.15, -0.1) is 11.3 Å². The van der Waals surface area contributed by atoms with E-state index in [0.29, 0.717) is 6.54 Å². The molecule has 0 saturated carbocycles. The average molecular weight is 335 g/mol. The number of carbonyl (C=O) groups excluding carboxylic acids is 2. The molecule has 0 aliphatic carbocycles. The van der Waals surface area contributed by atoms with Gasteiger partial charge in [0, 0.05) is 31.4 Å². The minimum absolute atomic E-state index is 0.0280. The lowest BCUT2D eigenvalue weighted by Crippen LogP contribution is -2.33. The van der Waals surface area contributed by atoms with Crippen molar-refractivity contribution in [3.8, 4) is 0 Å². The van der Waals surface area contributed by atoms with Crippen LogP contribution in [0, 0.1) is 0 Å². The van der Waals surface area contributed by atoms with Gasteiger partial charge in [0.25, 0.3) is 5.91 Å². The maximum atomic E-state index is 12.3. The summed E-state index contributed by atoms with van der Waals surface area (Å²) in [6.45, 7) is 7.23. The fraction of sp³-hybridized carbons (Fsp3) is 0.647. The molecule has 0 spiro atoms. The first-order valence-corrected chi connectivity index (χ1v) is 9.33. The number of carbonyl (C=O) groups is 2. The minimum Gasteiger partial charge on any atom is -0.351 e. The van der Waals surface area contributed by atoms with Gasteiger partial charge < -0.3 is 15.1 Å². The van der Waals surface area contributed by atoms with Crippen LogP contribution in [0.25, 0.3) is 0 Å². The molecule has 0 atom stereocenters. The molecule has 1 aromatic heterocycles. The van der Waals surface area contributed by atoms with Crippen LogP contribution < -0.4 is 5.32 Å². The Hall–Kier alpha value is -1.40. The van der Waals surface area contributed by atoms with E-state index in [1.165, 1.54) is 30.8 Å². The van der Waals surface area contributed by atoms with E-state index in [2.05, 4.69) is 10.2 Å². The molecule has 3 rings (SSSR count). The summed E-state index contributed by atoms with van der Waals surface area (Å²) >= 11 is 1.58. The maximum absolute atomic E-state index is 12.3. The number of hydrogen-bond acceptors (Lipinski definition) is 4. The van der Waals surface area contributed by atoms with Crippen LogP contribution in [0.2, 0.25) is 0 Å². The van der Waals surface area contributed by atoms with Gasteiger partial charge >= 0.3 is 0 Å². The third-order valence-electron chi connectivity index (χ3n) is 4.67. The van der Waals surface area contributed by atoms with Crippen LogP contribution >= 0.6 is 11.3 Å². The van der Waals surface area contributed by atoms with Crippen LogP contribution in [0.15, 0.2) is 6.07 Å². The molecule has 1 saturated heterocycles. The SMILES string of the molecule is CC(=O)N1CCc2sc(C(=O)NCCCN3CCCC3)cc2C1. The van der Waals surface area contributed by atoms with E-state index in [0.717, 1.165) is 42.9 Å². The van der Waals surface area contributed by atoms with Crippen molar-refractivity contribution < 1.29 is 9.59 Å². The molecule has 1 fully saturated rings. The number of nitrogens with one attached hydrogen (secondary N) is 1. The second-order valence-electron chi connectivity index (χ2n) is 6.41. The third kappa shape index (κ3) is 4.12. The minimum atomic E-state index is 0.0280. The summed E-state index contributed by atoms with van der Waals surface area (Å²) in [4.78, 5) is 30.1. The molecular weight excluding hydrogens is 310 g/mol. The second kappa shape index (κ2) is 7.45. The number of amides is 2. The quantitative estimate of drug-likeness (QED) is 0.836. The Morgan fingerprint density at radius 2 is 2.04 bits per heavy atom. The number of fused-ring (bicyclic) bond motifs is 1. The topological polar surface area (TPSA) is 52.7 Å². The molecule has 0 unspecified atom stereocenters. The van der Waals surface area contributed by atoms with Gasteiger partial charge in [0.2, 0.25) is 5.91 Å². The lowest BCUT2D eigenvalue weighted by Gasteiger charge is -2.25. The number of likely N-dealkylation sites (tertiary alicyclic amines) is 1. The Morgan fingerprint density at radius 1 is 1.26 bits per heavy atom. The first-order chi connectivity index (χ1) is 11.1. The van der Waals surface area contributed by atoms with Crippen molar-refractivity contribution in [2.24, 2.45) is 0 Å². The number of thiophene rings is 1. The Labute approximate surface area is 141 Å². The molecule has 6 heteroatoms. The molecule has 2 aliphatic rings. The second-order valence-corrected chi connectivity index (χ2v) is 7.54. The fourth-order valence-electron chi connectivity index (χ4n) is 3.31. The van der Waals surface area contributed by atoms with E-state index in [4.69, 9.17) is 0 Å². The highest BCUT2D eigenvalue weighted by Gasteiger charge is 2.22. The molecule has 1 N–H and O–H groups in total. The lowest BCUT2D eigenvalue weighted by atomic mass is 10.1. The first kappa shape index (κ1) is 16.5. The van der Waals surface area contributed by atoms with Crippen molar-refractivity contribution in [1.82, 2.24) is 15.1 Å². The van der Waals surface area contributed by atoms with Crippen molar-refractivity contribution in [3.63, 3.8) is 0 Å². The summed E-state index contributed by atoms with van der Waals surface area (Å²) in [6.07, 6.45) is 4.49. The monoisotopic (exact) mass is 335 g/mol. The molecule has 0 bridgehead atoms. The van der Waals surface area contributed by atoms with Crippen LogP contribution in [0.5, 0.6) is 0 Å². The van der Waals surface area contributed by atoms with Crippen molar-refractivity contribution >= 4 is 23.2 Å². The Bertz CT molecular complexity index is 578. The predicted octanol–water partition coefficient (Wildman–Crippen LogP) is 1.87. The zero-order valence-corrected chi connectivity index (χ0v) is 14.6. The largest absolute Gasteiger partial charge is 0.351 e. The van der Waals surface area contributed by atoms with Crippen LogP contribution in [-0.2, 0) is 17.8 Å². The van der Waals surface area contributed by atoms with Crippen molar-refractivity contribution in [2.45, 2.75) is 39.2 Å². The Morgan fingerprint density at radius 3 is 2.78 bits per heavy atom. The van der Waals surface area contributed by atoms with Gasteiger partial charge in [0.1, 0.15) is 0 Å². The van der Waals surface area contributed by atoms with E-state index in [1.54, 1.807) is 18.3 Å². The van der Waals surface area contributed by atoms with Gasteiger partial charge in [-0.3, -0.25) is 9.59 Å². The number of nitrogens with zero attached hydrogens (tertiary/aromatic N) is 2. The Kier molecular flexibility index (Phi) is 5.33. The normalized spacial score (nSPS) is 18.0. The zero-order chi connectivity index (χ0) is 16.2. The van der Waals surface area contributed by atoms with Gasteiger partial charge in [-0.1, -0.05) is 0 Å². The summed E-state index contributed by atoms with van der Waals surface area (Å²) < 4.78 is 0. The highest BCUT2D eigenvalue weighted by atomic mass is 32.1. The molecule has 0 aromatic carbocycles. The molecule has 5 nitrogen and oxygen atoms in total. The molecule has 0 radical (unpaired) electrons. The van der Waals surface area contributed by atoms with Crippen LogP contribution in [0.4, 0.5) is 0 Å². The molecule has 126 valence electrons. The van der Waals surface area contributed by atoms with Gasteiger partial charge in [-0.05, 0) is 56.9 Å². The molecule has 3 heterocycles. The highest BCUT2D eigenvalue weighted by molar-refractivity contribution is 7.14. The molecular formula is C17H25N3O2S. The summed E-state index contributed by atoms with van der Waals surface area (Å²) in [7, 11) is 0. The molecule has 1 aromatic rings. The third-order valence-corrected chi connectivity index (χ3v) is 5.91. The van der Waals surface area contributed by atoms with E-state index in [-0.39, 0.29) is 11.8 Å². The van der Waals surface area contributed by atoms with E-state index in [9.17, 15) is 9.59 Å². The first-order valence-electron chi connectivity index (χ1n) is 8.51. The highest BCUT2D eigenvalue weighted by Crippen LogP contribution is 2.28. The van der Waals surface area contributed by atoms with Crippen molar-refractivity contribution in [2.75, 3.05) is 32.7 Å². The standard InChI is InChI=1S/C17H25N3O2S/c1-13(21)20-10-5-15-14(12-20)11-16(23-15)17(22)18-6-4-9-19-7-2-3-8-19/h11H,2-10,12H2,1H3,(H,18,22). The Balaban J connectivity index is 1.47. The predicted molar refractivity (Wildman–Crippen MR) is 91.7 cm³/mol. The fourth-order valence-corrected chi connectivity index (χ4v) is 4.39. The van der Waals surface area contributed by atoms with E-state index >= 15 is 0 Å². The summed E-state index contributed by atoms with van der Waals surface area (Å²) in [5.41, 5.74) is 1.14. The maximum Gasteiger partial charge on any atom is 0.261 e. The molecule has 2 amide bonds. The molecule has 2 aliphatic heterocycles. The van der Waals surface area contributed by atoms with Gasteiger partial charge in [-0.2, -0.15) is 0 Å². The van der Waals surface area contributed by atoms with Gasteiger partial charge in [0.05, 0.1) is 4.88 Å². The van der Waals surface area contributed by atoms with Crippen LogP contribution in [-0.4, -0.2) is 54.3 Å². The zero-order valence-electron chi connectivity index (χ0n) is 13.8.